The summed E-state index contributed by atoms with van der Waals surface area (Å²) in [5.41, 5.74) is 6.75. The van der Waals surface area contributed by atoms with Crippen LogP contribution in [0.15, 0.2) is 18.2 Å². The third-order valence-corrected chi connectivity index (χ3v) is 3.01. The standard InChI is InChI=1S/C15H23ClN2O2/c1-10(7-8-17)12-9-11(16)5-6-13(12)18-14(19)20-15(2,3)4/h5-6,9-10H,7-8,17H2,1-4H3,(H,18,19). The average Bonchev–Trinajstić information content (AvgIpc) is 2.29. The highest BCUT2D eigenvalue weighted by Gasteiger charge is 2.18. The summed E-state index contributed by atoms with van der Waals surface area (Å²) in [7, 11) is 0. The van der Waals surface area contributed by atoms with E-state index in [0.717, 1.165) is 12.0 Å². The number of amides is 1. The van der Waals surface area contributed by atoms with Gasteiger partial charge in [-0.05, 0) is 63.4 Å². The fourth-order valence-electron chi connectivity index (χ4n) is 1.87. The van der Waals surface area contributed by atoms with Crippen molar-refractivity contribution in [2.24, 2.45) is 5.73 Å². The van der Waals surface area contributed by atoms with Crippen molar-refractivity contribution in [1.82, 2.24) is 0 Å². The van der Waals surface area contributed by atoms with Crippen LogP contribution in [0.4, 0.5) is 10.5 Å². The molecular formula is C15H23ClN2O2. The van der Waals surface area contributed by atoms with Gasteiger partial charge in [-0.3, -0.25) is 5.32 Å². The van der Waals surface area contributed by atoms with E-state index < -0.39 is 11.7 Å². The quantitative estimate of drug-likeness (QED) is 0.878. The molecule has 4 nitrogen and oxygen atoms in total. The molecule has 0 fully saturated rings. The van der Waals surface area contributed by atoms with Crippen LogP contribution >= 0.6 is 11.6 Å². The third kappa shape index (κ3) is 5.39. The fourth-order valence-corrected chi connectivity index (χ4v) is 2.05. The molecule has 0 radical (unpaired) electrons. The van der Waals surface area contributed by atoms with Gasteiger partial charge < -0.3 is 10.5 Å². The van der Waals surface area contributed by atoms with Gasteiger partial charge in [0.2, 0.25) is 0 Å². The minimum absolute atomic E-state index is 0.212. The maximum Gasteiger partial charge on any atom is 0.412 e. The van der Waals surface area contributed by atoms with Gasteiger partial charge in [0.05, 0.1) is 0 Å². The van der Waals surface area contributed by atoms with Gasteiger partial charge in [-0.25, -0.2) is 4.79 Å². The molecule has 20 heavy (non-hydrogen) atoms. The van der Waals surface area contributed by atoms with Crippen molar-refractivity contribution in [3.05, 3.63) is 28.8 Å². The summed E-state index contributed by atoms with van der Waals surface area (Å²) in [4.78, 5) is 11.9. The Bertz CT molecular complexity index is 469. The first-order valence-electron chi connectivity index (χ1n) is 6.72. The number of anilines is 1. The second kappa shape index (κ2) is 6.95. The molecule has 0 aliphatic rings. The number of rotatable bonds is 4. The molecule has 0 bridgehead atoms. The number of hydrogen-bond acceptors (Lipinski definition) is 3. The Hall–Kier alpha value is -1.26. The Balaban J connectivity index is 2.91. The molecule has 1 aromatic carbocycles. The van der Waals surface area contributed by atoms with Crippen molar-refractivity contribution in [1.29, 1.82) is 0 Å². The molecule has 1 atom stereocenters. The Kier molecular flexibility index (Phi) is 5.84. The Morgan fingerprint density at radius 1 is 1.45 bits per heavy atom. The van der Waals surface area contributed by atoms with E-state index in [1.807, 2.05) is 26.8 Å². The number of ether oxygens (including phenoxy) is 1. The SMILES string of the molecule is CC(CCN)c1cc(Cl)ccc1NC(=O)OC(C)(C)C. The minimum atomic E-state index is -0.528. The van der Waals surface area contributed by atoms with E-state index in [2.05, 4.69) is 12.2 Å². The lowest BCUT2D eigenvalue weighted by molar-refractivity contribution is 0.0636. The molecule has 3 N–H and O–H groups in total. The molecule has 0 aliphatic heterocycles. The lowest BCUT2D eigenvalue weighted by Crippen LogP contribution is -2.27. The molecule has 0 saturated heterocycles. The highest BCUT2D eigenvalue weighted by atomic mass is 35.5. The van der Waals surface area contributed by atoms with Crippen molar-refractivity contribution in [2.75, 3.05) is 11.9 Å². The number of carbonyl (C=O) groups is 1. The van der Waals surface area contributed by atoms with Gasteiger partial charge in [0.25, 0.3) is 0 Å². The molecule has 1 rings (SSSR count). The smallest absolute Gasteiger partial charge is 0.412 e. The van der Waals surface area contributed by atoms with Gasteiger partial charge in [-0.15, -0.1) is 0 Å². The van der Waals surface area contributed by atoms with Crippen molar-refractivity contribution < 1.29 is 9.53 Å². The zero-order valence-corrected chi connectivity index (χ0v) is 13.3. The Labute approximate surface area is 125 Å². The normalized spacial score (nSPS) is 12.9. The van der Waals surface area contributed by atoms with Gasteiger partial charge in [0.15, 0.2) is 0 Å². The second-order valence-corrected chi connectivity index (χ2v) is 6.27. The Morgan fingerprint density at radius 2 is 2.10 bits per heavy atom. The van der Waals surface area contributed by atoms with Crippen molar-refractivity contribution in [2.45, 2.75) is 45.6 Å². The van der Waals surface area contributed by atoms with Crippen molar-refractivity contribution in [3.63, 3.8) is 0 Å². The first-order chi connectivity index (χ1) is 9.23. The summed E-state index contributed by atoms with van der Waals surface area (Å²) in [6.07, 6.45) is 0.351. The van der Waals surface area contributed by atoms with Crippen LogP contribution in [-0.2, 0) is 4.74 Å². The highest BCUT2D eigenvalue weighted by molar-refractivity contribution is 6.30. The summed E-state index contributed by atoms with van der Waals surface area (Å²) < 4.78 is 5.26. The van der Waals surface area contributed by atoms with Crippen LogP contribution in [0.25, 0.3) is 0 Å². The summed E-state index contributed by atoms with van der Waals surface area (Å²) in [6, 6.07) is 5.39. The Morgan fingerprint density at radius 3 is 2.65 bits per heavy atom. The van der Waals surface area contributed by atoms with Crippen LogP contribution in [0.3, 0.4) is 0 Å². The maximum atomic E-state index is 11.9. The molecule has 0 heterocycles. The van der Waals surface area contributed by atoms with Gasteiger partial charge in [0, 0.05) is 10.7 Å². The van der Waals surface area contributed by atoms with Crippen LogP contribution in [0.2, 0.25) is 5.02 Å². The van der Waals surface area contributed by atoms with Gasteiger partial charge in [-0.2, -0.15) is 0 Å². The first-order valence-corrected chi connectivity index (χ1v) is 7.10. The van der Waals surface area contributed by atoms with Gasteiger partial charge >= 0.3 is 6.09 Å². The topological polar surface area (TPSA) is 64.3 Å². The molecule has 5 heteroatoms. The molecule has 0 aliphatic carbocycles. The highest BCUT2D eigenvalue weighted by Crippen LogP contribution is 2.29. The van der Waals surface area contributed by atoms with E-state index >= 15 is 0 Å². The monoisotopic (exact) mass is 298 g/mol. The molecule has 1 unspecified atom stereocenters. The number of nitrogens with one attached hydrogen (secondary N) is 1. The summed E-state index contributed by atoms with van der Waals surface area (Å²) in [5.74, 6) is 0.212. The molecule has 112 valence electrons. The van der Waals surface area contributed by atoms with Crippen LogP contribution in [0.1, 0.15) is 45.6 Å². The lowest BCUT2D eigenvalue weighted by Gasteiger charge is -2.21. The van der Waals surface area contributed by atoms with Crippen LogP contribution in [-0.4, -0.2) is 18.2 Å². The minimum Gasteiger partial charge on any atom is -0.444 e. The molecule has 1 amide bonds. The number of benzene rings is 1. The molecule has 0 spiro atoms. The summed E-state index contributed by atoms with van der Waals surface area (Å²) >= 11 is 6.03. The van der Waals surface area contributed by atoms with E-state index in [1.165, 1.54) is 0 Å². The van der Waals surface area contributed by atoms with E-state index in [9.17, 15) is 4.79 Å². The lowest BCUT2D eigenvalue weighted by atomic mass is 9.96. The third-order valence-electron chi connectivity index (χ3n) is 2.78. The summed E-state index contributed by atoms with van der Waals surface area (Å²) in [6.45, 7) is 8.11. The largest absolute Gasteiger partial charge is 0.444 e. The zero-order chi connectivity index (χ0) is 15.3. The zero-order valence-electron chi connectivity index (χ0n) is 12.5. The predicted octanol–water partition coefficient (Wildman–Crippen LogP) is 4.14. The summed E-state index contributed by atoms with van der Waals surface area (Å²) in [5, 5.41) is 3.41. The van der Waals surface area contributed by atoms with Crippen LogP contribution in [0.5, 0.6) is 0 Å². The van der Waals surface area contributed by atoms with E-state index in [4.69, 9.17) is 22.1 Å². The number of nitrogens with two attached hydrogens (primary N) is 1. The molecule has 1 aromatic rings. The van der Waals surface area contributed by atoms with Gasteiger partial charge in [0.1, 0.15) is 5.60 Å². The second-order valence-electron chi connectivity index (χ2n) is 5.84. The van der Waals surface area contributed by atoms with E-state index in [-0.39, 0.29) is 5.92 Å². The van der Waals surface area contributed by atoms with E-state index in [0.29, 0.717) is 17.3 Å². The molecule has 0 saturated carbocycles. The number of carbonyl (C=O) groups excluding carboxylic acids is 1. The van der Waals surface area contributed by atoms with E-state index in [1.54, 1.807) is 12.1 Å². The molecular weight excluding hydrogens is 276 g/mol. The molecule has 0 aromatic heterocycles. The fraction of sp³-hybridized carbons (Fsp3) is 0.533. The average molecular weight is 299 g/mol. The van der Waals surface area contributed by atoms with Gasteiger partial charge in [-0.1, -0.05) is 18.5 Å². The first kappa shape index (κ1) is 16.8. The number of hydrogen-bond donors (Lipinski definition) is 2. The van der Waals surface area contributed by atoms with Crippen LogP contribution in [0, 0.1) is 0 Å². The van der Waals surface area contributed by atoms with Crippen molar-refractivity contribution >= 4 is 23.4 Å². The maximum absolute atomic E-state index is 11.9. The number of halogens is 1. The van der Waals surface area contributed by atoms with Crippen LogP contribution < -0.4 is 11.1 Å². The van der Waals surface area contributed by atoms with Crippen molar-refractivity contribution in [3.8, 4) is 0 Å². The predicted molar refractivity (Wildman–Crippen MR) is 83.4 cm³/mol.